The minimum atomic E-state index is -0.324. The third-order valence-corrected chi connectivity index (χ3v) is 5.10. The van der Waals surface area contributed by atoms with Gasteiger partial charge in [0.2, 0.25) is 0 Å². The Bertz CT molecular complexity index is 593. The smallest absolute Gasteiger partial charge is 0.399 e. The van der Waals surface area contributed by atoms with Crippen molar-refractivity contribution in [2.75, 3.05) is 0 Å². The summed E-state index contributed by atoms with van der Waals surface area (Å²) in [7, 11) is -0.324. The fourth-order valence-electron chi connectivity index (χ4n) is 2.07. The second kappa shape index (κ2) is 4.69. The Labute approximate surface area is 124 Å². The predicted octanol–water partition coefficient (Wildman–Crippen LogP) is 3.11. The fraction of sp³-hybridized carbons (Fsp3) is 0.400. The highest BCUT2D eigenvalue weighted by atomic mass is 32.1. The van der Waals surface area contributed by atoms with Gasteiger partial charge < -0.3 is 9.31 Å². The molecular formula is C15H18BNO2S. The van der Waals surface area contributed by atoms with Crippen molar-refractivity contribution >= 4 is 23.2 Å². The Balaban J connectivity index is 1.86. The molecule has 0 unspecified atom stereocenters. The molecule has 1 aliphatic rings. The first-order valence-electron chi connectivity index (χ1n) is 6.76. The van der Waals surface area contributed by atoms with Crippen molar-refractivity contribution in [3.8, 4) is 10.6 Å². The molecule has 2 heterocycles. The molecule has 1 fully saturated rings. The molecule has 5 heteroatoms. The molecule has 1 aliphatic heterocycles. The van der Waals surface area contributed by atoms with Crippen LogP contribution < -0.4 is 4.78 Å². The Hall–Kier alpha value is -1.17. The van der Waals surface area contributed by atoms with Crippen LogP contribution in [0.15, 0.2) is 36.5 Å². The van der Waals surface area contributed by atoms with Gasteiger partial charge in [-0.25, -0.2) is 4.98 Å². The number of hydrogen-bond donors (Lipinski definition) is 0. The zero-order chi connectivity index (χ0) is 14.4. The number of rotatable bonds is 2. The average molecular weight is 287 g/mol. The van der Waals surface area contributed by atoms with E-state index in [0.717, 1.165) is 15.3 Å². The van der Waals surface area contributed by atoms with E-state index in [0.29, 0.717) is 0 Å². The van der Waals surface area contributed by atoms with Crippen molar-refractivity contribution in [1.29, 1.82) is 0 Å². The van der Waals surface area contributed by atoms with Crippen molar-refractivity contribution in [1.82, 2.24) is 4.98 Å². The molecular weight excluding hydrogens is 269 g/mol. The maximum atomic E-state index is 6.05. The normalized spacial score (nSPS) is 20.3. The van der Waals surface area contributed by atoms with Crippen LogP contribution in [0.25, 0.3) is 10.6 Å². The Morgan fingerprint density at radius 2 is 1.60 bits per heavy atom. The standard InChI is InChI=1S/C15H18BNO2S/c1-14(2)15(3,4)19-16(18-14)12-10-17-13(20-12)11-8-6-5-7-9-11/h5-10H,1-4H3. The van der Waals surface area contributed by atoms with Crippen LogP contribution in [0, 0.1) is 0 Å². The van der Waals surface area contributed by atoms with E-state index in [1.165, 1.54) is 0 Å². The van der Waals surface area contributed by atoms with Gasteiger partial charge in [-0.3, -0.25) is 0 Å². The number of benzene rings is 1. The van der Waals surface area contributed by atoms with Gasteiger partial charge in [-0.1, -0.05) is 30.3 Å². The summed E-state index contributed by atoms with van der Waals surface area (Å²) < 4.78 is 13.1. The van der Waals surface area contributed by atoms with E-state index >= 15 is 0 Å². The van der Waals surface area contributed by atoms with Crippen LogP contribution in [-0.2, 0) is 9.31 Å². The molecule has 0 saturated carbocycles. The van der Waals surface area contributed by atoms with Crippen LogP contribution in [0.4, 0.5) is 0 Å². The molecule has 1 aromatic carbocycles. The largest absolute Gasteiger partial charge is 0.507 e. The lowest BCUT2D eigenvalue weighted by Gasteiger charge is -2.32. The first kappa shape index (κ1) is 13.8. The van der Waals surface area contributed by atoms with Crippen LogP contribution in [0.2, 0.25) is 0 Å². The molecule has 3 nitrogen and oxygen atoms in total. The van der Waals surface area contributed by atoms with Crippen molar-refractivity contribution < 1.29 is 9.31 Å². The summed E-state index contributed by atoms with van der Waals surface area (Å²) in [4.78, 5) is 4.49. The summed E-state index contributed by atoms with van der Waals surface area (Å²) in [5.41, 5.74) is 0.503. The van der Waals surface area contributed by atoms with E-state index in [9.17, 15) is 0 Å². The van der Waals surface area contributed by atoms with Crippen LogP contribution >= 0.6 is 11.3 Å². The highest BCUT2D eigenvalue weighted by Gasteiger charge is 2.52. The summed E-state index contributed by atoms with van der Waals surface area (Å²) in [6, 6.07) is 10.2. The van der Waals surface area contributed by atoms with Crippen molar-refractivity contribution in [2.24, 2.45) is 0 Å². The Morgan fingerprint density at radius 3 is 2.20 bits per heavy atom. The van der Waals surface area contributed by atoms with Gasteiger partial charge in [0.25, 0.3) is 0 Å². The Morgan fingerprint density at radius 1 is 1.00 bits per heavy atom. The van der Waals surface area contributed by atoms with Gasteiger partial charge in [0.15, 0.2) is 0 Å². The molecule has 0 bridgehead atoms. The van der Waals surface area contributed by atoms with E-state index in [2.05, 4.69) is 44.8 Å². The minimum Gasteiger partial charge on any atom is -0.399 e. The fourth-order valence-corrected chi connectivity index (χ4v) is 2.95. The van der Waals surface area contributed by atoms with Crippen LogP contribution in [-0.4, -0.2) is 23.3 Å². The average Bonchev–Trinajstić information content (AvgIpc) is 2.94. The second-order valence-corrected chi connectivity index (χ2v) is 7.08. The van der Waals surface area contributed by atoms with Crippen molar-refractivity contribution in [3.63, 3.8) is 0 Å². The maximum absolute atomic E-state index is 6.05. The molecule has 0 amide bonds. The van der Waals surface area contributed by atoms with Crippen molar-refractivity contribution in [2.45, 2.75) is 38.9 Å². The predicted molar refractivity (Wildman–Crippen MR) is 83.3 cm³/mol. The first-order chi connectivity index (χ1) is 9.39. The van der Waals surface area contributed by atoms with E-state index in [1.807, 2.05) is 24.4 Å². The van der Waals surface area contributed by atoms with Crippen LogP contribution in [0.5, 0.6) is 0 Å². The molecule has 20 heavy (non-hydrogen) atoms. The minimum absolute atomic E-state index is 0.311. The second-order valence-electron chi connectivity index (χ2n) is 6.02. The molecule has 0 aliphatic carbocycles. The zero-order valence-electron chi connectivity index (χ0n) is 12.2. The summed E-state index contributed by atoms with van der Waals surface area (Å²) in [6.45, 7) is 8.25. The van der Waals surface area contributed by atoms with Crippen molar-refractivity contribution in [3.05, 3.63) is 36.5 Å². The molecule has 1 saturated heterocycles. The first-order valence-corrected chi connectivity index (χ1v) is 7.57. The van der Waals surface area contributed by atoms with Crippen LogP contribution in [0.3, 0.4) is 0 Å². The van der Waals surface area contributed by atoms with Gasteiger partial charge in [0, 0.05) is 11.8 Å². The topological polar surface area (TPSA) is 31.4 Å². The highest BCUT2D eigenvalue weighted by molar-refractivity contribution is 7.24. The van der Waals surface area contributed by atoms with Gasteiger partial charge >= 0.3 is 7.12 Å². The van der Waals surface area contributed by atoms with Gasteiger partial charge in [-0.05, 0) is 27.7 Å². The highest BCUT2D eigenvalue weighted by Crippen LogP contribution is 2.37. The molecule has 2 aromatic rings. The van der Waals surface area contributed by atoms with Gasteiger partial charge in [-0.15, -0.1) is 11.3 Å². The van der Waals surface area contributed by atoms with E-state index < -0.39 is 0 Å². The van der Waals surface area contributed by atoms with Gasteiger partial charge in [-0.2, -0.15) is 0 Å². The lowest BCUT2D eigenvalue weighted by Crippen LogP contribution is -2.41. The van der Waals surface area contributed by atoms with Gasteiger partial charge in [0.1, 0.15) is 5.01 Å². The van der Waals surface area contributed by atoms with E-state index in [-0.39, 0.29) is 18.3 Å². The third-order valence-electron chi connectivity index (χ3n) is 4.03. The molecule has 104 valence electrons. The quantitative estimate of drug-likeness (QED) is 0.795. The molecule has 0 radical (unpaired) electrons. The number of nitrogens with zero attached hydrogens (tertiary/aromatic N) is 1. The summed E-state index contributed by atoms with van der Waals surface area (Å²) in [5, 5.41) is 0.996. The van der Waals surface area contributed by atoms with E-state index in [4.69, 9.17) is 9.31 Å². The lowest BCUT2D eigenvalue weighted by molar-refractivity contribution is 0.00578. The molecule has 1 aromatic heterocycles. The number of thiazole rings is 1. The monoisotopic (exact) mass is 287 g/mol. The van der Waals surface area contributed by atoms with E-state index in [1.54, 1.807) is 11.3 Å². The lowest BCUT2D eigenvalue weighted by atomic mass is 9.89. The molecule has 0 N–H and O–H groups in total. The number of aromatic nitrogens is 1. The maximum Gasteiger partial charge on any atom is 0.507 e. The molecule has 3 rings (SSSR count). The Kier molecular flexibility index (Phi) is 3.24. The zero-order valence-corrected chi connectivity index (χ0v) is 13.0. The summed E-state index contributed by atoms with van der Waals surface area (Å²) in [5.74, 6) is 0. The number of hydrogen-bond acceptors (Lipinski definition) is 4. The third kappa shape index (κ3) is 2.30. The SMILES string of the molecule is CC1(C)OB(c2cnc(-c3ccccc3)s2)OC1(C)C. The summed E-state index contributed by atoms with van der Waals surface area (Å²) >= 11 is 1.62. The van der Waals surface area contributed by atoms with Crippen LogP contribution in [0.1, 0.15) is 27.7 Å². The molecule has 0 spiro atoms. The van der Waals surface area contributed by atoms with Gasteiger partial charge in [0.05, 0.1) is 16.0 Å². The molecule has 0 atom stereocenters. The summed E-state index contributed by atoms with van der Waals surface area (Å²) in [6.07, 6.45) is 1.86.